The minimum atomic E-state index is -0.411. The number of amides is 1. The van der Waals surface area contributed by atoms with Gasteiger partial charge in [-0.15, -0.1) is 0 Å². The first kappa shape index (κ1) is 15.7. The third kappa shape index (κ3) is 2.98. The molecule has 0 aromatic heterocycles. The van der Waals surface area contributed by atoms with Crippen molar-refractivity contribution in [2.45, 2.75) is 27.7 Å². The van der Waals surface area contributed by atoms with Crippen LogP contribution in [-0.2, 0) is 0 Å². The van der Waals surface area contributed by atoms with Gasteiger partial charge in [0, 0.05) is 11.1 Å². The molecule has 0 aliphatic rings. The van der Waals surface area contributed by atoms with Crippen molar-refractivity contribution in [2.24, 2.45) is 0 Å². The number of anilines is 1. The van der Waals surface area contributed by atoms with Gasteiger partial charge in [0.05, 0.1) is 16.2 Å². The number of aryl methyl sites for hydroxylation is 3. The monoisotopic (exact) mass is 298 g/mol. The number of hydrogen-bond acceptors (Lipinski definition) is 3. The highest BCUT2D eigenvalue weighted by molar-refractivity contribution is 6.05. The van der Waals surface area contributed by atoms with E-state index in [1.165, 1.54) is 0 Å². The van der Waals surface area contributed by atoms with Gasteiger partial charge in [-0.25, -0.2) is 0 Å². The standard InChI is InChI=1S/C17H18N2O3/c1-10-5-7-14(8-6-10)17(20)18-15-11(2)9-12(3)16(13(15)4)19(21)22/h5-9H,1-4H3,(H,18,20). The quantitative estimate of drug-likeness (QED) is 0.685. The highest BCUT2D eigenvalue weighted by Gasteiger charge is 2.21. The molecule has 0 spiro atoms. The molecule has 1 amide bonds. The average Bonchev–Trinajstić information content (AvgIpc) is 2.43. The van der Waals surface area contributed by atoms with Crippen molar-refractivity contribution in [1.82, 2.24) is 0 Å². The fourth-order valence-electron chi connectivity index (χ4n) is 2.54. The van der Waals surface area contributed by atoms with E-state index in [1.807, 2.05) is 26.0 Å². The molecule has 2 aromatic carbocycles. The lowest BCUT2D eigenvalue weighted by Crippen LogP contribution is -2.14. The van der Waals surface area contributed by atoms with E-state index in [-0.39, 0.29) is 11.6 Å². The van der Waals surface area contributed by atoms with E-state index in [1.54, 1.807) is 32.0 Å². The molecule has 0 aliphatic heterocycles. The zero-order valence-electron chi connectivity index (χ0n) is 13.1. The van der Waals surface area contributed by atoms with Gasteiger partial charge in [-0.05, 0) is 51.5 Å². The van der Waals surface area contributed by atoms with Crippen LogP contribution >= 0.6 is 0 Å². The van der Waals surface area contributed by atoms with Crippen LogP contribution in [0.1, 0.15) is 32.6 Å². The number of nitrogens with zero attached hydrogens (tertiary/aromatic N) is 1. The molecule has 5 heteroatoms. The van der Waals surface area contributed by atoms with Crippen molar-refractivity contribution >= 4 is 17.3 Å². The van der Waals surface area contributed by atoms with Crippen molar-refractivity contribution in [3.8, 4) is 0 Å². The smallest absolute Gasteiger partial charge is 0.277 e. The van der Waals surface area contributed by atoms with Crippen molar-refractivity contribution < 1.29 is 9.72 Å². The molecule has 5 nitrogen and oxygen atoms in total. The first-order valence-corrected chi connectivity index (χ1v) is 6.94. The highest BCUT2D eigenvalue weighted by atomic mass is 16.6. The van der Waals surface area contributed by atoms with E-state index in [9.17, 15) is 14.9 Å². The summed E-state index contributed by atoms with van der Waals surface area (Å²) in [6, 6.07) is 8.89. The number of nitrogens with one attached hydrogen (secondary N) is 1. The minimum absolute atomic E-state index is 0.0461. The second-order valence-corrected chi connectivity index (χ2v) is 5.44. The largest absolute Gasteiger partial charge is 0.321 e. The predicted molar refractivity (Wildman–Crippen MR) is 86.4 cm³/mol. The Morgan fingerprint density at radius 3 is 2.18 bits per heavy atom. The average molecular weight is 298 g/mol. The first-order valence-electron chi connectivity index (χ1n) is 6.94. The minimum Gasteiger partial charge on any atom is -0.321 e. The number of benzene rings is 2. The molecule has 0 heterocycles. The Bertz CT molecular complexity index is 749. The third-order valence-corrected chi connectivity index (χ3v) is 3.67. The summed E-state index contributed by atoms with van der Waals surface area (Å²) in [4.78, 5) is 23.1. The van der Waals surface area contributed by atoms with Crippen molar-refractivity contribution in [1.29, 1.82) is 0 Å². The summed E-state index contributed by atoms with van der Waals surface area (Å²) >= 11 is 0. The molecule has 0 radical (unpaired) electrons. The lowest BCUT2D eigenvalue weighted by atomic mass is 10.0. The maximum atomic E-state index is 12.3. The summed E-state index contributed by atoms with van der Waals surface area (Å²) in [5.74, 6) is -0.274. The van der Waals surface area contributed by atoms with Gasteiger partial charge in [-0.2, -0.15) is 0 Å². The Kier molecular flexibility index (Phi) is 4.26. The predicted octanol–water partition coefficient (Wildman–Crippen LogP) is 4.08. The van der Waals surface area contributed by atoms with Gasteiger partial charge >= 0.3 is 0 Å². The molecule has 0 bridgehead atoms. The molecule has 0 fully saturated rings. The van der Waals surface area contributed by atoms with E-state index in [4.69, 9.17) is 0 Å². The van der Waals surface area contributed by atoms with Crippen molar-refractivity contribution in [3.63, 3.8) is 0 Å². The molecule has 0 unspecified atom stereocenters. The molecule has 1 N–H and O–H groups in total. The first-order chi connectivity index (χ1) is 10.3. The maximum absolute atomic E-state index is 12.3. The Morgan fingerprint density at radius 2 is 1.64 bits per heavy atom. The van der Waals surface area contributed by atoms with Crippen LogP contribution in [0.25, 0.3) is 0 Å². The molecule has 2 rings (SSSR count). The fraction of sp³-hybridized carbons (Fsp3) is 0.235. The van der Waals surface area contributed by atoms with Crippen LogP contribution in [-0.4, -0.2) is 10.8 Å². The molecular formula is C17H18N2O3. The summed E-state index contributed by atoms with van der Waals surface area (Å²) in [5.41, 5.74) is 4.01. The number of carbonyl (C=O) groups excluding carboxylic acids is 1. The van der Waals surface area contributed by atoms with Gasteiger partial charge in [0.15, 0.2) is 0 Å². The van der Waals surface area contributed by atoms with Gasteiger partial charge in [-0.1, -0.05) is 17.7 Å². The molecule has 0 saturated carbocycles. The molecular weight excluding hydrogens is 280 g/mol. The Hall–Kier alpha value is -2.69. The molecule has 0 aliphatic carbocycles. The van der Waals surface area contributed by atoms with Gasteiger partial charge in [0.1, 0.15) is 0 Å². The van der Waals surface area contributed by atoms with Crippen LogP contribution in [0.2, 0.25) is 0 Å². The second-order valence-electron chi connectivity index (χ2n) is 5.44. The summed E-state index contributed by atoms with van der Waals surface area (Å²) in [7, 11) is 0. The van der Waals surface area contributed by atoms with E-state index in [0.29, 0.717) is 22.4 Å². The van der Waals surface area contributed by atoms with Crippen LogP contribution in [0.4, 0.5) is 11.4 Å². The Morgan fingerprint density at radius 1 is 1.05 bits per heavy atom. The van der Waals surface area contributed by atoms with E-state index < -0.39 is 4.92 Å². The number of nitro benzene ring substituents is 1. The third-order valence-electron chi connectivity index (χ3n) is 3.67. The SMILES string of the molecule is Cc1ccc(C(=O)Nc2c(C)cc(C)c([N+](=O)[O-])c2C)cc1. The van der Waals surface area contributed by atoms with Crippen LogP contribution in [0, 0.1) is 37.8 Å². The topological polar surface area (TPSA) is 72.2 Å². The summed E-state index contributed by atoms with van der Waals surface area (Å²) in [6.45, 7) is 7.13. The Labute approximate surface area is 129 Å². The molecule has 114 valence electrons. The summed E-state index contributed by atoms with van der Waals surface area (Å²) in [5, 5.41) is 14.0. The Balaban J connectivity index is 2.41. The zero-order chi connectivity index (χ0) is 16.4. The van der Waals surface area contributed by atoms with Crippen molar-refractivity contribution in [2.75, 3.05) is 5.32 Å². The second kappa shape index (κ2) is 5.97. The van der Waals surface area contributed by atoms with Crippen LogP contribution in [0.3, 0.4) is 0 Å². The molecule has 0 saturated heterocycles. The summed E-state index contributed by atoms with van der Waals surface area (Å²) < 4.78 is 0. The fourth-order valence-corrected chi connectivity index (χ4v) is 2.54. The lowest BCUT2D eigenvalue weighted by Gasteiger charge is -2.13. The van der Waals surface area contributed by atoms with E-state index >= 15 is 0 Å². The highest BCUT2D eigenvalue weighted by Crippen LogP contribution is 2.32. The molecule has 22 heavy (non-hydrogen) atoms. The number of rotatable bonds is 3. The number of carbonyl (C=O) groups is 1. The van der Waals surface area contributed by atoms with Gasteiger partial charge < -0.3 is 5.32 Å². The molecule has 2 aromatic rings. The number of hydrogen-bond donors (Lipinski definition) is 1. The molecule has 0 atom stereocenters. The van der Waals surface area contributed by atoms with E-state index in [2.05, 4.69) is 5.32 Å². The van der Waals surface area contributed by atoms with E-state index in [0.717, 1.165) is 11.1 Å². The number of nitro groups is 1. The van der Waals surface area contributed by atoms with Crippen LogP contribution in [0.15, 0.2) is 30.3 Å². The van der Waals surface area contributed by atoms with Crippen LogP contribution in [0.5, 0.6) is 0 Å². The zero-order valence-corrected chi connectivity index (χ0v) is 13.1. The van der Waals surface area contributed by atoms with Crippen LogP contribution < -0.4 is 5.32 Å². The normalized spacial score (nSPS) is 10.4. The lowest BCUT2D eigenvalue weighted by molar-refractivity contribution is -0.386. The van der Waals surface area contributed by atoms with Gasteiger partial charge in [0.2, 0.25) is 0 Å². The maximum Gasteiger partial charge on any atom is 0.277 e. The van der Waals surface area contributed by atoms with Gasteiger partial charge in [-0.3, -0.25) is 14.9 Å². The van der Waals surface area contributed by atoms with Gasteiger partial charge in [0.25, 0.3) is 11.6 Å². The summed E-state index contributed by atoms with van der Waals surface area (Å²) in [6.07, 6.45) is 0. The van der Waals surface area contributed by atoms with Crippen molar-refractivity contribution in [3.05, 3.63) is 68.3 Å².